The second kappa shape index (κ2) is 5.35. The number of benzene rings is 1. The number of hydrogen-bond donors (Lipinski definition) is 1. The van der Waals surface area contributed by atoms with Crippen molar-refractivity contribution in [3.05, 3.63) is 58.3 Å². The van der Waals surface area contributed by atoms with E-state index in [0.29, 0.717) is 12.6 Å². The molecule has 2 nitrogen and oxygen atoms in total. The fourth-order valence-electron chi connectivity index (χ4n) is 2.59. The number of hydrogen-bond acceptors (Lipinski definition) is 2. The molecule has 0 saturated carbocycles. The summed E-state index contributed by atoms with van der Waals surface area (Å²) in [5, 5.41) is 3.62. The molecule has 1 atom stereocenters. The number of aryl methyl sites for hydroxylation is 1. The van der Waals surface area contributed by atoms with Crippen LogP contribution in [0, 0.1) is 5.82 Å². The van der Waals surface area contributed by atoms with Crippen molar-refractivity contribution in [1.29, 1.82) is 0 Å². The monoisotopic (exact) mass is 279 g/mol. The highest BCUT2D eigenvalue weighted by Crippen LogP contribution is 2.30. The third kappa shape index (κ3) is 2.67. The number of furan rings is 1. The SMILES string of the molecule is Fc1cc(CNC2CCCc3occc32)ccc1Cl. The van der Waals surface area contributed by atoms with Crippen molar-refractivity contribution >= 4 is 11.6 Å². The van der Waals surface area contributed by atoms with E-state index < -0.39 is 0 Å². The van der Waals surface area contributed by atoms with Gasteiger partial charge in [0.25, 0.3) is 0 Å². The molecule has 1 heterocycles. The molecule has 0 amide bonds. The lowest BCUT2D eigenvalue weighted by Gasteiger charge is -2.22. The molecule has 1 N–H and O–H groups in total. The summed E-state index contributed by atoms with van der Waals surface area (Å²) in [6.45, 7) is 0.628. The van der Waals surface area contributed by atoms with Gasteiger partial charge in [0, 0.05) is 24.6 Å². The first kappa shape index (κ1) is 12.7. The van der Waals surface area contributed by atoms with Gasteiger partial charge in [-0.25, -0.2) is 4.39 Å². The van der Waals surface area contributed by atoms with E-state index in [4.69, 9.17) is 16.0 Å². The third-order valence-electron chi connectivity index (χ3n) is 3.59. The molecule has 1 aromatic heterocycles. The van der Waals surface area contributed by atoms with Crippen LogP contribution in [0.3, 0.4) is 0 Å². The summed E-state index contributed by atoms with van der Waals surface area (Å²) in [6, 6.07) is 7.24. The van der Waals surface area contributed by atoms with Gasteiger partial charge in [-0.2, -0.15) is 0 Å². The van der Waals surface area contributed by atoms with Crippen LogP contribution in [-0.2, 0) is 13.0 Å². The fourth-order valence-corrected chi connectivity index (χ4v) is 2.71. The Hall–Kier alpha value is -1.32. The first-order chi connectivity index (χ1) is 9.24. The Morgan fingerprint density at radius 3 is 3.11 bits per heavy atom. The van der Waals surface area contributed by atoms with Crippen molar-refractivity contribution in [2.75, 3.05) is 0 Å². The molecule has 0 saturated heterocycles. The van der Waals surface area contributed by atoms with E-state index in [1.54, 1.807) is 12.3 Å². The van der Waals surface area contributed by atoms with Crippen LogP contribution in [-0.4, -0.2) is 0 Å². The largest absolute Gasteiger partial charge is 0.469 e. The van der Waals surface area contributed by atoms with Crippen LogP contribution in [0.5, 0.6) is 0 Å². The summed E-state index contributed by atoms with van der Waals surface area (Å²) in [5.41, 5.74) is 2.14. The van der Waals surface area contributed by atoms with Gasteiger partial charge in [-0.3, -0.25) is 0 Å². The Labute approximate surface area is 116 Å². The van der Waals surface area contributed by atoms with Gasteiger partial charge in [-0.1, -0.05) is 17.7 Å². The standard InChI is InChI=1S/C15H15ClFNO/c16-12-5-4-10(8-13(12)17)9-18-14-2-1-3-15-11(14)6-7-19-15/h4-8,14,18H,1-3,9H2. The van der Waals surface area contributed by atoms with Gasteiger partial charge >= 0.3 is 0 Å². The highest BCUT2D eigenvalue weighted by Gasteiger charge is 2.21. The van der Waals surface area contributed by atoms with Gasteiger partial charge in [0.1, 0.15) is 11.6 Å². The van der Waals surface area contributed by atoms with Crippen molar-refractivity contribution in [2.45, 2.75) is 31.8 Å². The van der Waals surface area contributed by atoms with Gasteiger partial charge in [0.05, 0.1) is 11.3 Å². The maximum absolute atomic E-state index is 13.4. The molecule has 1 unspecified atom stereocenters. The molecule has 0 spiro atoms. The van der Waals surface area contributed by atoms with Crippen molar-refractivity contribution in [1.82, 2.24) is 5.32 Å². The molecule has 0 fully saturated rings. The van der Waals surface area contributed by atoms with Crippen LogP contribution in [0.1, 0.15) is 35.8 Å². The van der Waals surface area contributed by atoms with Crippen molar-refractivity contribution in [3.63, 3.8) is 0 Å². The molecule has 4 heteroatoms. The summed E-state index contributed by atoms with van der Waals surface area (Å²) in [7, 11) is 0. The molecule has 19 heavy (non-hydrogen) atoms. The summed E-state index contributed by atoms with van der Waals surface area (Å²) in [6.07, 6.45) is 4.96. The van der Waals surface area contributed by atoms with Crippen molar-refractivity contribution in [2.24, 2.45) is 0 Å². The maximum atomic E-state index is 13.4. The van der Waals surface area contributed by atoms with E-state index in [-0.39, 0.29) is 10.8 Å². The maximum Gasteiger partial charge on any atom is 0.142 e. The molecule has 100 valence electrons. The average Bonchev–Trinajstić information content (AvgIpc) is 2.89. The second-order valence-electron chi connectivity index (χ2n) is 4.87. The Morgan fingerprint density at radius 1 is 1.37 bits per heavy atom. The van der Waals surface area contributed by atoms with E-state index in [2.05, 4.69) is 5.32 Å². The third-order valence-corrected chi connectivity index (χ3v) is 3.90. The van der Waals surface area contributed by atoms with Crippen LogP contribution in [0.25, 0.3) is 0 Å². The first-order valence-electron chi connectivity index (χ1n) is 6.47. The molecule has 0 radical (unpaired) electrons. The minimum Gasteiger partial charge on any atom is -0.469 e. The second-order valence-corrected chi connectivity index (χ2v) is 5.28. The molecule has 0 bridgehead atoms. The lowest BCUT2D eigenvalue weighted by molar-refractivity contribution is 0.410. The van der Waals surface area contributed by atoms with Crippen LogP contribution in [0.4, 0.5) is 4.39 Å². The van der Waals surface area contributed by atoms with Crippen molar-refractivity contribution in [3.8, 4) is 0 Å². The molecule has 1 aliphatic carbocycles. The quantitative estimate of drug-likeness (QED) is 0.909. The lowest BCUT2D eigenvalue weighted by Crippen LogP contribution is -2.24. The van der Waals surface area contributed by atoms with Crippen LogP contribution < -0.4 is 5.32 Å². The van der Waals surface area contributed by atoms with E-state index in [1.807, 2.05) is 12.1 Å². The van der Waals surface area contributed by atoms with Gasteiger partial charge in [-0.05, 0) is 36.6 Å². The van der Waals surface area contributed by atoms with Crippen molar-refractivity contribution < 1.29 is 8.81 Å². The van der Waals surface area contributed by atoms with E-state index in [9.17, 15) is 4.39 Å². The van der Waals surface area contributed by atoms with Crippen LogP contribution in [0.2, 0.25) is 5.02 Å². The molecule has 1 aromatic carbocycles. The minimum atomic E-state index is -0.367. The van der Waals surface area contributed by atoms with Gasteiger partial charge < -0.3 is 9.73 Å². The predicted molar refractivity (Wildman–Crippen MR) is 72.6 cm³/mol. The summed E-state index contributed by atoms with van der Waals surface area (Å²) in [4.78, 5) is 0. The van der Waals surface area contributed by atoms with Gasteiger partial charge in [-0.15, -0.1) is 0 Å². The lowest BCUT2D eigenvalue weighted by atomic mass is 9.93. The van der Waals surface area contributed by atoms with E-state index in [1.165, 1.54) is 11.6 Å². The molecule has 3 rings (SSSR count). The summed E-state index contributed by atoms with van der Waals surface area (Å²) in [5.74, 6) is 0.708. The number of halogens is 2. The van der Waals surface area contributed by atoms with Gasteiger partial charge in [0.2, 0.25) is 0 Å². The summed E-state index contributed by atoms with van der Waals surface area (Å²) < 4.78 is 18.8. The van der Waals surface area contributed by atoms with Crippen LogP contribution in [0.15, 0.2) is 34.9 Å². The first-order valence-corrected chi connectivity index (χ1v) is 6.85. The molecular weight excluding hydrogens is 265 g/mol. The zero-order chi connectivity index (χ0) is 13.2. The molecule has 2 aromatic rings. The minimum absolute atomic E-state index is 0.165. The van der Waals surface area contributed by atoms with Crippen LogP contribution >= 0.6 is 11.6 Å². The number of nitrogens with one attached hydrogen (secondary N) is 1. The van der Waals surface area contributed by atoms with Gasteiger partial charge in [0.15, 0.2) is 0 Å². The highest BCUT2D eigenvalue weighted by atomic mass is 35.5. The van der Waals surface area contributed by atoms with E-state index in [0.717, 1.165) is 30.6 Å². The topological polar surface area (TPSA) is 25.2 Å². The highest BCUT2D eigenvalue weighted by molar-refractivity contribution is 6.30. The normalized spacial score (nSPS) is 18.3. The predicted octanol–water partition coefficient (Wildman–Crippen LogP) is 4.24. The zero-order valence-electron chi connectivity index (χ0n) is 10.5. The average molecular weight is 280 g/mol. The summed E-state index contributed by atoms with van der Waals surface area (Å²) >= 11 is 5.67. The number of rotatable bonds is 3. The molecule has 1 aliphatic rings. The number of fused-ring (bicyclic) bond motifs is 1. The Morgan fingerprint density at radius 2 is 2.26 bits per heavy atom. The smallest absolute Gasteiger partial charge is 0.142 e. The Kier molecular flexibility index (Phi) is 3.58. The van der Waals surface area contributed by atoms with E-state index >= 15 is 0 Å². The fraction of sp³-hybridized carbons (Fsp3) is 0.333. The molecule has 0 aliphatic heterocycles. The Balaban J connectivity index is 1.69. The molecular formula is C15H15ClFNO. The Bertz CT molecular complexity index is 581. The zero-order valence-corrected chi connectivity index (χ0v) is 11.2.